The lowest BCUT2D eigenvalue weighted by molar-refractivity contribution is -0.159. The largest absolute Gasteiger partial charge is 0.471 e. The summed E-state index contributed by atoms with van der Waals surface area (Å²) in [5.74, 6) is -1.93. The molecule has 0 spiro atoms. The van der Waals surface area contributed by atoms with Crippen LogP contribution in [-0.4, -0.2) is 21.3 Å². The molecular formula is C7H10F3N3O2. The molecule has 3 N–H and O–H groups in total. The molecule has 0 aliphatic carbocycles. The fourth-order valence-corrected chi connectivity index (χ4v) is 0.885. The smallest absolute Gasteiger partial charge is 0.383 e. The fourth-order valence-electron chi connectivity index (χ4n) is 0.885. The second-order valence-corrected chi connectivity index (χ2v) is 2.97. The number of rotatable bonds is 3. The molecule has 0 saturated carbocycles. The van der Waals surface area contributed by atoms with Crippen LogP contribution in [0.2, 0.25) is 0 Å². The van der Waals surface area contributed by atoms with Crippen LogP contribution in [0.1, 0.15) is 31.2 Å². The van der Waals surface area contributed by atoms with E-state index in [1.807, 2.05) is 0 Å². The minimum atomic E-state index is -4.71. The minimum absolute atomic E-state index is 0.386. The van der Waals surface area contributed by atoms with Crippen LogP contribution in [0.4, 0.5) is 13.2 Å². The molecule has 15 heavy (non-hydrogen) atoms. The number of hydrogen-bond acceptors (Lipinski definition) is 5. The highest BCUT2D eigenvalue weighted by molar-refractivity contribution is 4.96. The summed E-state index contributed by atoms with van der Waals surface area (Å²) in [6.45, 7) is 1.68. The molecular weight excluding hydrogens is 215 g/mol. The van der Waals surface area contributed by atoms with Crippen molar-refractivity contribution < 1.29 is 22.8 Å². The van der Waals surface area contributed by atoms with E-state index in [0.717, 1.165) is 0 Å². The fraction of sp³-hybridized carbons (Fsp3) is 0.714. The Morgan fingerprint density at radius 2 is 2.13 bits per heavy atom. The molecule has 0 saturated heterocycles. The molecule has 8 heteroatoms. The van der Waals surface area contributed by atoms with Crippen molar-refractivity contribution in [3.05, 3.63) is 11.7 Å². The molecule has 0 aromatic carbocycles. The Labute approximate surface area is 83.1 Å². The van der Waals surface area contributed by atoms with E-state index in [0.29, 0.717) is 6.42 Å². The second kappa shape index (κ2) is 4.15. The normalized spacial score (nSPS) is 16.4. The Bertz CT molecular complexity index is 326. The lowest BCUT2D eigenvalue weighted by Crippen LogP contribution is -2.28. The minimum Gasteiger partial charge on any atom is -0.383 e. The lowest BCUT2D eigenvalue weighted by Gasteiger charge is -2.12. The van der Waals surface area contributed by atoms with Gasteiger partial charge in [-0.2, -0.15) is 18.2 Å². The maximum Gasteiger partial charge on any atom is 0.471 e. The first-order chi connectivity index (χ1) is 6.86. The Hall–Kier alpha value is -1.15. The third-order valence-corrected chi connectivity index (χ3v) is 1.83. The molecule has 0 aliphatic rings. The first-order valence-corrected chi connectivity index (χ1v) is 4.20. The van der Waals surface area contributed by atoms with Gasteiger partial charge >= 0.3 is 12.1 Å². The molecule has 0 aliphatic heterocycles. The van der Waals surface area contributed by atoms with Gasteiger partial charge in [-0.15, -0.1) is 0 Å². The zero-order valence-corrected chi connectivity index (χ0v) is 7.82. The van der Waals surface area contributed by atoms with Crippen LogP contribution in [0.15, 0.2) is 4.52 Å². The van der Waals surface area contributed by atoms with Crippen LogP contribution in [0.5, 0.6) is 0 Å². The number of hydrogen-bond donors (Lipinski definition) is 2. The van der Waals surface area contributed by atoms with Gasteiger partial charge in [-0.3, -0.25) is 0 Å². The Kier molecular flexibility index (Phi) is 3.30. The van der Waals surface area contributed by atoms with Gasteiger partial charge in [0.05, 0.1) is 0 Å². The van der Waals surface area contributed by atoms with Crippen LogP contribution in [0.25, 0.3) is 0 Å². The summed E-state index contributed by atoms with van der Waals surface area (Å²) in [7, 11) is 0. The van der Waals surface area contributed by atoms with E-state index in [9.17, 15) is 18.3 Å². The van der Waals surface area contributed by atoms with Crippen molar-refractivity contribution in [1.82, 2.24) is 10.1 Å². The van der Waals surface area contributed by atoms with Gasteiger partial charge in [-0.25, -0.2) is 0 Å². The molecule has 1 aromatic rings. The van der Waals surface area contributed by atoms with E-state index in [4.69, 9.17) is 5.73 Å². The van der Waals surface area contributed by atoms with Gasteiger partial charge in [0.1, 0.15) is 6.10 Å². The maximum atomic E-state index is 12.0. The SMILES string of the molecule is CCC(N)C(O)c1noc(C(F)(F)F)n1. The van der Waals surface area contributed by atoms with Crippen molar-refractivity contribution in [2.24, 2.45) is 5.73 Å². The first-order valence-electron chi connectivity index (χ1n) is 4.20. The van der Waals surface area contributed by atoms with Crippen LogP contribution in [0.3, 0.4) is 0 Å². The lowest BCUT2D eigenvalue weighted by atomic mass is 10.1. The predicted octanol–water partition coefficient (Wildman–Crippen LogP) is 0.859. The molecule has 2 unspecified atom stereocenters. The zero-order valence-electron chi connectivity index (χ0n) is 7.82. The summed E-state index contributed by atoms with van der Waals surface area (Å²) < 4.78 is 40.1. The maximum absolute atomic E-state index is 12.0. The Morgan fingerprint density at radius 3 is 2.53 bits per heavy atom. The Balaban J connectivity index is 2.85. The Morgan fingerprint density at radius 1 is 1.53 bits per heavy atom. The zero-order chi connectivity index (χ0) is 11.6. The van der Waals surface area contributed by atoms with E-state index in [-0.39, 0.29) is 0 Å². The van der Waals surface area contributed by atoms with E-state index in [1.54, 1.807) is 6.92 Å². The quantitative estimate of drug-likeness (QED) is 0.796. The summed E-state index contributed by atoms with van der Waals surface area (Å²) in [5, 5.41) is 12.4. The van der Waals surface area contributed by atoms with Crippen molar-refractivity contribution in [3.63, 3.8) is 0 Å². The van der Waals surface area contributed by atoms with Gasteiger partial charge in [0.25, 0.3) is 0 Å². The number of nitrogens with zero attached hydrogens (tertiary/aromatic N) is 2. The van der Waals surface area contributed by atoms with E-state index in [1.165, 1.54) is 0 Å². The highest BCUT2D eigenvalue weighted by atomic mass is 19.4. The van der Waals surface area contributed by atoms with Gasteiger partial charge in [-0.05, 0) is 6.42 Å². The summed E-state index contributed by atoms with van der Waals surface area (Å²) in [6, 6.07) is -0.719. The van der Waals surface area contributed by atoms with E-state index >= 15 is 0 Å². The number of alkyl halides is 3. The summed E-state index contributed by atoms with van der Waals surface area (Å²) in [4.78, 5) is 3.02. The number of nitrogens with two attached hydrogens (primary N) is 1. The number of halogens is 3. The van der Waals surface area contributed by atoms with Crippen molar-refractivity contribution in [3.8, 4) is 0 Å². The molecule has 1 heterocycles. The van der Waals surface area contributed by atoms with Crippen LogP contribution >= 0.6 is 0 Å². The highest BCUT2D eigenvalue weighted by Crippen LogP contribution is 2.28. The second-order valence-electron chi connectivity index (χ2n) is 2.97. The first kappa shape index (κ1) is 11.9. The molecule has 2 atom stereocenters. The molecule has 0 bridgehead atoms. The molecule has 1 aromatic heterocycles. The van der Waals surface area contributed by atoms with Gasteiger partial charge < -0.3 is 15.4 Å². The molecule has 1 rings (SSSR count). The molecule has 5 nitrogen and oxygen atoms in total. The molecule has 86 valence electrons. The summed E-state index contributed by atoms with van der Waals surface area (Å²) in [6.07, 6.45) is -5.67. The topological polar surface area (TPSA) is 85.2 Å². The van der Waals surface area contributed by atoms with E-state index in [2.05, 4.69) is 14.7 Å². The highest BCUT2D eigenvalue weighted by Gasteiger charge is 2.39. The van der Waals surface area contributed by atoms with Crippen LogP contribution < -0.4 is 5.73 Å². The van der Waals surface area contributed by atoms with Crippen molar-refractivity contribution in [1.29, 1.82) is 0 Å². The van der Waals surface area contributed by atoms with E-state index < -0.39 is 30.0 Å². The monoisotopic (exact) mass is 225 g/mol. The van der Waals surface area contributed by atoms with Crippen molar-refractivity contribution in [2.75, 3.05) is 0 Å². The summed E-state index contributed by atoms with van der Waals surface area (Å²) in [5.41, 5.74) is 5.41. The average Bonchev–Trinajstić information content (AvgIpc) is 2.63. The third-order valence-electron chi connectivity index (χ3n) is 1.83. The standard InChI is InChI=1S/C7H10F3N3O2/c1-2-3(11)4(14)5-12-6(15-13-5)7(8,9)10/h3-4,14H,2,11H2,1H3. The van der Waals surface area contributed by atoms with Gasteiger partial charge in [-0.1, -0.05) is 12.1 Å². The van der Waals surface area contributed by atoms with Gasteiger partial charge in [0, 0.05) is 6.04 Å². The molecule has 0 amide bonds. The van der Waals surface area contributed by atoms with Gasteiger partial charge in [0.2, 0.25) is 5.82 Å². The van der Waals surface area contributed by atoms with Crippen molar-refractivity contribution >= 4 is 0 Å². The predicted molar refractivity (Wildman–Crippen MR) is 42.5 cm³/mol. The number of aliphatic hydroxyl groups excluding tert-OH is 1. The third kappa shape index (κ3) is 2.66. The van der Waals surface area contributed by atoms with Crippen molar-refractivity contribution in [2.45, 2.75) is 31.7 Å². The van der Waals surface area contributed by atoms with Gasteiger partial charge in [0.15, 0.2) is 0 Å². The number of aliphatic hydroxyl groups is 1. The molecule has 0 radical (unpaired) electrons. The van der Waals surface area contributed by atoms with Crippen LogP contribution in [0, 0.1) is 0 Å². The number of aromatic nitrogens is 2. The van der Waals surface area contributed by atoms with Crippen LogP contribution in [-0.2, 0) is 6.18 Å². The summed E-state index contributed by atoms with van der Waals surface area (Å²) >= 11 is 0. The molecule has 0 fully saturated rings. The average molecular weight is 225 g/mol.